The molecule has 162 valence electrons. The number of esters is 1. The second-order valence-corrected chi connectivity index (χ2v) is 8.30. The van der Waals surface area contributed by atoms with Gasteiger partial charge in [0.25, 0.3) is 0 Å². The van der Waals surface area contributed by atoms with Crippen LogP contribution in [0.25, 0.3) is 5.69 Å². The lowest BCUT2D eigenvalue weighted by atomic mass is 10.00. The third-order valence-electron chi connectivity index (χ3n) is 4.96. The van der Waals surface area contributed by atoms with E-state index in [-0.39, 0.29) is 12.4 Å². The van der Waals surface area contributed by atoms with Gasteiger partial charge in [-0.2, -0.15) is 0 Å². The minimum absolute atomic E-state index is 0.117. The molecule has 0 saturated heterocycles. The molecule has 1 aliphatic rings. The van der Waals surface area contributed by atoms with Crippen LogP contribution in [0.3, 0.4) is 0 Å². The standard InChI is InChI=1S/C23H18ClFN4O2S/c1-3-12-32-23-28-27-22-18(9-11-20(30)31-2)26-21(15-6-4-5-7-17(15)25)16-13-14(24)8-10-19(16)29(22)23/h1,4-8,10,13,18H,9,11-12H2,2H3/t18-/m0/s1. The lowest BCUT2D eigenvalue weighted by Crippen LogP contribution is -2.10. The predicted octanol–water partition coefficient (Wildman–Crippen LogP) is 4.63. The summed E-state index contributed by atoms with van der Waals surface area (Å²) in [6.45, 7) is 0. The number of thioether (sulfide) groups is 1. The normalized spacial score (nSPS) is 14.6. The molecule has 0 bridgehead atoms. The Labute approximate surface area is 193 Å². The van der Waals surface area contributed by atoms with E-state index in [1.807, 2.05) is 10.6 Å². The number of carbonyl (C=O) groups excluding carboxylic acids is 1. The zero-order valence-electron chi connectivity index (χ0n) is 17.1. The summed E-state index contributed by atoms with van der Waals surface area (Å²) in [4.78, 5) is 16.7. The average Bonchev–Trinajstić information content (AvgIpc) is 3.16. The van der Waals surface area contributed by atoms with Crippen molar-refractivity contribution in [2.45, 2.75) is 24.0 Å². The van der Waals surface area contributed by atoms with Crippen molar-refractivity contribution in [2.24, 2.45) is 4.99 Å². The molecule has 1 aliphatic heterocycles. The molecule has 0 N–H and O–H groups in total. The number of hydrogen-bond acceptors (Lipinski definition) is 6. The smallest absolute Gasteiger partial charge is 0.305 e. The molecule has 0 amide bonds. The van der Waals surface area contributed by atoms with Gasteiger partial charge in [0.05, 0.1) is 24.3 Å². The van der Waals surface area contributed by atoms with E-state index in [9.17, 15) is 9.18 Å². The molecule has 32 heavy (non-hydrogen) atoms. The van der Waals surface area contributed by atoms with Gasteiger partial charge in [-0.05, 0) is 36.8 Å². The van der Waals surface area contributed by atoms with Gasteiger partial charge in [-0.3, -0.25) is 14.4 Å². The van der Waals surface area contributed by atoms with E-state index in [1.54, 1.807) is 30.3 Å². The Hall–Kier alpha value is -3.15. The van der Waals surface area contributed by atoms with Crippen LogP contribution in [0, 0.1) is 18.2 Å². The molecule has 0 aliphatic carbocycles. The molecule has 6 nitrogen and oxygen atoms in total. The van der Waals surface area contributed by atoms with Crippen LogP contribution in [-0.2, 0) is 9.53 Å². The molecule has 9 heteroatoms. The van der Waals surface area contributed by atoms with Crippen LogP contribution < -0.4 is 0 Å². The Morgan fingerprint density at radius 1 is 1.28 bits per heavy atom. The summed E-state index contributed by atoms with van der Waals surface area (Å²) >= 11 is 7.68. The van der Waals surface area contributed by atoms with E-state index >= 15 is 0 Å². The van der Waals surface area contributed by atoms with Gasteiger partial charge in [0.2, 0.25) is 0 Å². The number of methoxy groups -OCH3 is 1. The fraction of sp³-hybridized carbons (Fsp3) is 0.217. The van der Waals surface area contributed by atoms with Crippen molar-refractivity contribution in [1.82, 2.24) is 14.8 Å². The third-order valence-corrected chi connectivity index (χ3v) is 6.03. The lowest BCUT2D eigenvalue weighted by molar-refractivity contribution is -0.140. The van der Waals surface area contributed by atoms with Gasteiger partial charge in [-0.1, -0.05) is 41.4 Å². The second kappa shape index (κ2) is 9.55. The minimum atomic E-state index is -0.567. The lowest BCUT2D eigenvalue weighted by Gasteiger charge is -2.14. The monoisotopic (exact) mass is 468 g/mol. The summed E-state index contributed by atoms with van der Waals surface area (Å²) in [6.07, 6.45) is 5.87. The highest BCUT2D eigenvalue weighted by Crippen LogP contribution is 2.36. The van der Waals surface area contributed by atoms with Crippen molar-refractivity contribution in [1.29, 1.82) is 0 Å². The largest absolute Gasteiger partial charge is 0.469 e. The van der Waals surface area contributed by atoms with Gasteiger partial charge in [-0.15, -0.1) is 16.6 Å². The van der Waals surface area contributed by atoms with Crippen molar-refractivity contribution in [3.05, 3.63) is 70.3 Å². The van der Waals surface area contributed by atoms with Gasteiger partial charge in [0.1, 0.15) is 11.9 Å². The molecule has 2 aromatic carbocycles. The summed E-state index contributed by atoms with van der Waals surface area (Å²) in [5.41, 5.74) is 2.09. The van der Waals surface area contributed by atoms with Crippen molar-refractivity contribution >= 4 is 35.0 Å². The Morgan fingerprint density at radius 2 is 2.09 bits per heavy atom. The number of hydrogen-bond donors (Lipinski definition) is 0. The van der Waals surface area contributed by atoms with Gasteiger partial charge >= 0.3 is 5.97 Å². The first-order valence-electron chi connectivity index (χ1n) is 9.75. The van der Waals surface area contributed by atoms with E-state index < -0.39 is 11.9 Å². The first kappa shape index (κ1) is 22.1. The summed E-state index contributed by atoms with van der Waals surface area (Å²) in [5.74, 6) is 2.73. The molecular weight excluding hydrogens is 451 g/mol. The summed E-state index contributed by atoms with van der Waals surface area (Å²) in [7, 11) is 1.33. The zero-order chi connectivity index (χ0) is 22.7. The molecule has 2 heterocycles. The van der Waals surface area contributed by atoms with Gasteiger partial charge in [-0.25, -0.2) is 4.39 Å². The van der Waals surface area contributed by atoms with Crippen LogP contribution in [0.5, 0.6) is 0 Å². The maximum absolute atomic E-state index is 14.8. The van der Waals surface area contributed by atoms with Crippen LogP contribution >= 0.6 is 23.4 Å². The predicted molar refractivity (Wildman–Crippen MR) is 122 cm³/mol. The summed E-state index contributed by atoms with van der Waals surface area (Å²) in [6, 6.07) is 11.1. The minimum Gasteiger partial charge on any atom is -0.469 e. The topological polar surface area (TPSA) is 69.4 Å². The van der Waals surface area contributed by atoms with Crippen LogP contribution in [0.2, 0.25) is 5.02 Å². The fourth-order valence-corrected chi connectivity index (χ4v) is 4.32. The highest BCUT2D eigenvalue weighted by Gasteiger charge is 2.30. The molecule has 1 aromatic heterocycles. The van der Waals surface area contributed by atoms with E-state index in [0.29, 0.717) is 50.7 Å². The quantitative estimate of drug-likeness (QED) is 0.300. The van der Waals surface area contributed by atoms with Crippen molar-refractivity contribution in [3.8, 4) is 18.0 Å². The molecule has 4 rings (SSSR count). The number of rotatable bonds is 6. The van der Waals surface area contributed by atoms with Crippen molar-refractivity contribution < 1.29 is 13.9 Å². The first-order valence-corrected chi connectivity index (χ1v) is 11.1. The number of fused-ring (bicyclic) bond motifs is 3. The molecule has 0 fully saturated rings. The zero-order valence-corrected chi connectivity index (χ0v) is 18.7. The number of nitrogens with zero attached hydrogens (tertiary/aromatic N) is 4. The summed E-state index contributed by atoms with van der Waals surface area (Å²) < 4.78 is 21.5. The first-order chi connectivity index (χ1) is 15.5. The molecule has 0 radical (unpaired) electrons. The van der Waals surface area contributed by atoms with E-state index in [0.717, 1.165) is 0 Å². The maximum atomic E-state index is 14.8. The number of ether oxygens (including phenoxy) is 1. The highest BCUT2D eigenvalue weighted by molar-refractivity contribution is 7.99. The summed E-state index contributed by atoms with van der Waals surface area (Å²) in [5, 5.41) is 9.72. The van der Waals surface area contributed by atoms with Gasteiger partial charge in [0.15, 0.2) is 11.0 Å². The maximum Gasteiger partial charge on any atom is 0.305 e. The van der Waals surface area contributed by atoms with Crippen LogP contribution in [0.15, 0.2) is 52.6 Å². The number of halogens is 2. The Bertz CT molecular complexity index is 1250. The molecular formula is C23H18ClFN4O2S. The average molecular weight is 469 g/mol. The number of aliphatic imine (C=N–C) groups is 1. The molecule has 3 aromatic rings. The highest BCUT2D eigenvalue weighted by atomic mass is 35.5. The second-order valence-electron chi connectivity index (χ2n) is 6.92. The Morgan fingerprint density at radius 3 is 2.84 bits per heavy atom. The van der Waals surface area contributed by atoms with Crippen LogP contribution in [-0.4, -0.2) is 39.3 Å². The van der Waals surface area contributed by atoms with Crippen molar-refractivity contribution in [2.75, 3.05) is 12.9 Å². The molecule has 0 spiro atoms. The van der Waals surface area contributed by atoms with E-state index in [4.69, 9.17) is 27.8 Å². The van der Waals surface area contributed by atoms with Crippen LogP contribution in [0.4, 0.5) is 4.39 Å². The SMILES string of the molecule is C#CCSc1nnc2n1-c1ccc(Cl)cc1C(c1ccccc1F)=N[C@H]2CCC(=O)OC. The van der Waals surface area contributed by atoms with E-state index in [1.165, 1.54) is 24.9 Å². The van der Waals surface area contributed by atoms with Gasteiger partial charge in [0, 0.05) is 22.6 Å². The molecule has 0 unspecified atom stereocenters. The van der Waals surface area contributed by atoms with Gasteiger partial charge < -0.3 is 4.74 Å². The fourth-order valence-electron chi connectivity index (χ4n) is 3.52. The van der Waals surface area contributed by atoms with Crippen LogP contribution in [0.1, 0.15) is 35.8 Å². The molecule has 0 saturated carbocycles. The number of terminal acetylenes is 1. The number of aromatic nitrogens is 3. The number of benzene rings is 2. The Kier molecular flexibility index (Phi) is 6.58. The van der Waals surface area contributed by atoms with Crippen molar-refractivity contribution in [3.63, 3.8) is 0 Å². The third kappa shape index (κ3) is 4.27. The number of carbonyl (C=O) groups is 1. The van der Waals surface area contributed by atoms with E-state index in [2.05, 4.69) is 16.1 Å². The Balaban J connectivity index is 1.95. The molecule has 1 atom stereocenters.